The molecule has 0 bridgehead atoms. The Labute approximate surface area is 116 Å². The minimum atomic E-state index is 0.481. The fourth-order valence-electron chi connectivity index (χ4n) is 2.99. The van der Waals surface area contributed by atoms with Gasteiger partial charge in [0, 0.05) is 25.7 Å². The Bertz CT molecular complexity index is 384. The van der Waals surface area contributed by atoms with Gasteiger partial charge in [0.1, 0.15) is 5.75 Å². The second kappa shape index (κ2) is 6.92. The molecule has 1 aliphatic rings. The lowest BCUT2D eigenvalue weighted by Gasteiger charge is -2.34. The molecule has 1 N–H and O–H groups in total. The SMILES string of the molecule is COc1cccc(C(C(C)C)N2CCCNCC2)c1. The summed E-state index contributed by atoms with van der Waals surface area (Å²) in [4.78, 5) is 2.61. The Morgan fingerprint density at radius 1 is 1.21 bits per heavy atom. The van der Waals surface area contributed by atoms with Gasteiger partial charge in [-0.2, -0.15) is 0 Å². The summed E-state index contributed by atoms with van der Waals surface area (Å²) in [5.41, 5.74) is 1.37. The molecule has 1 fully saturated rings. The highest BCUT2D eigenvalue weighted by molar-refractivity contribution is 5.31. The second-order valence-electron chi connectivity index (χ2n) is 5.60. The number of benzene rings is 1. The van der Waals surface area contributed by atoms with E-state index in [0.29, 0.717) is 12.0 Å². The number of hydrogen-bond acceptors (Lipinski definition) is 3. The van der Waals surface area contributed by atoms with Crippen LogP contribution in [-0.4, -0.2) is 38.2 Å². The first-order chi connectivity index (χ1) is 9.22. The second-order valence-corrected chi connectivity index (χ2v) is 5.60. The number of ether oxygens (including phenoxy) is 1. The predicted molar refractivity (Wildman–Crippen MR) is 79.6 cm³/mol. The Morgan fingerprint density at radius 3 is 2.79 bits per heavy atom. The molecule has 1 saturated heterocycles. The third-order valence-corrected chi connectivity index (χ3v) is 3.83. The molecule has 0 aliphatic carbocycles. The zero-order valence-electron chi connectivity index (χ0n) is 12.4. The zero-order chi connectivity index (χ0) is 13.7. The molecule has 3 nitrogen and oxygen atoms in total. The third-order valence-electron chi connectivity index (χ3n) is 3.83. The molecule has 1 aromatic rings. The predicted octanol–water partition coefficient (Wildman–Crippen LogP) is 2.69. The Balaban J connectivity index is 2.22. The average molecular weight is 262 g/mol. The van der Waals surface area contributed by atoms with Crippen LogP contribution < -0.4 is 10.1 Å². The molecule has 106 valence electrons. The highest BCUT2D eigenvalue weighted by atomic mass is 16.5. The van der Waals surface area contributed by atoms with Crippen molar-refractivity contribution in [3.63, 3.8) is 0 Å². The molecular weight excluding hydrogens is 236 g/mol. The van der Waals surface area contributed by atoms with Crippen LogP contribution in [-0.2, 0) is 0 Å². The van der Waals surface area contributed by atoms with Crippen LogP contribution in [0, 0.1) is 5.92 Å². The molecule has 0 spiro atoms. The lowest BCUT2D eigenvalue weighted by molar-refractivity contribution is 0.165. The summed E-state index contributed by atoms with van der Waals surface area (Å²) in [6.07, 6.45) is 1.23. The molecule has 0 amide bonds. The molecule has 1 aromatic carbocycles. The van der Waals surface area contributed by atoms with Crippen molar-refractivity contribution in [3.05, 3.63) is 29.8 Å². The molecule has 2 rings (SSSR count). The van der Waals surface area contributed by atoms with Crippen molar-refractivity contribution < 1.29 is 4.74 Å². The Kier molecular flexibility index (Phi) is 5.23. The van der Waals surface area contributed by atoms with E-state index in [-0.39, 0.29) is 0 Å². The van der Waals surface area contributed by atoms with Gasteiger partial charge in [-0.15, -0.1) is 0 Å². The topological polar surface area (TPSA) is 24.5 Å². The van der Waals surface area contributed by atoms with Crippen molar-refractivity contribution >= 4 is 0 Å². The maximum atomic E-state index is 5.37. The monoisotopic (exact) mass is 262 g/mol. The van der Waals surface area contributed by atoms with Crippen LogP contribution >= 0.6 is 0 Å². The Morgan fingerprint density at radius 2 is 2.05 bits per heavy atom. The van der Waals surface area contributed by atoms with Gasteiger partial charge in [0.05, 0.1) is 7.11 Å². The number of rotatable bonds is 4. The highest BCUT2D eigenvalue weighted by Crippen LogP contribution is 2.30. The minimum Gasteiger partial charge on any atom is -0.497 e. The van der Waals surface area contributed by atoms with E-state index in [9.17, 15) is 0 Å². The number of methoxy groups -OCH3 is 1. The van der Waals surface area contributed by atoms with Crippen molar-refractivity contribution in [2.45, 2.75) is 26.3 Å². The summed E-state index contributed by atoms with van der Waals surface area (Å²) in [5.74, 6) is 1.56. The van der Waals surface area contributed by atoms with Crippen molar-refractivity contribution in [1.29, 1.82) is 0 Å². The molecule has 3 heteroatoms. The normalized spacial score (nSPS) is 19.2. The summed E-state index contributed by atoms with van der Waals surface area (Å²) in [6.45, 7) is 9.14. The molecule has 1 heterocycles. The van der Waals surface area contributed by atoms with Gasteiger partial charge in [-0.25, -0.2) is 0 Å². The van der Waals surface area contributed by atoms with E-state index in [1.165, 1.54) is 18.5 Å². The molecule has 0 saturated carbocycles. The van der Waals surface area contributed by atoms with Gasteiger partial charge in [0.15, 0.2) is 0 Å². The van der Waals surface area contributed by atoms with Crippen molar-refractivity contribution in [3.8, 4) is 5.75 Å². The van der Waals surface area contributed by atoms with Gasteiger partial charge in [0.2, 0.25) is 0 Å². The summed E-state index contributed by atoms with van der Waals surface area (Å²) < 4.78 is 5.37. The van der Waals surface area contributed by atoms with Crippen molar-refractivity contribution in [2.24, 2.45) is 5.92 Å². The maximum absolute atomic E-state index is 5.37. The average Bonchev–Trinajstić information content (AvgIpc) is 2.68. The molecule has 0 radical (unpaired) electrons. The van der Waals surface area contributed by atoms with Gasteiger partial charge < -0.3 is 10.1 Å². The summed E-state index contributed by atoms with van der Waals surface area (Å²) in [6, 6.07) is 9.01. The zero-order valence-corrected chi connectivity index (χ0v) is 12.4. The van der Waals surface area contributed by atoms with E-state index < -0.39 is 0 Å². The van der Waals surface area contributed by atoms with Gasteiger partial charge >= 0.3 is 0 Å². The standard InChI is InChI=1S/C16H26N2O/c1-13(2)16(18-10-5-8-17-9-11-18)14-6-4-7-15(12-14)19-3/h4,6-7,12-13,16-17H,5,8-11H2,1-3H3. The summed E-state index contributed by atoms with van der Waals surface area (Å²) >= 11 is 0. The first-order valence-corrected chi connectivity index (χ1v) is 7.31. The van der Waals surface area contributed by atoms with Crippen LogP contribution in [0.2, 0.25) is 0 Å². The smallest absolute Gasteiger partial charge is 0.119 e. The van der Waals surface area contributed by atoms with Crippen LogP contribution in [0.5, 0.6) is 5.75 Å². The third kappa shape index (κ3) is 3.71. The van der Waals surface area contributed by atoms with Gasteiger partial charge in [-0.1, -0.05) is 26.0 Å². The first-order valence-electron chi connectivity index (χ1n) is 7.31. The molecular formula is C16H26N2O. The summed E-state index contributed by atoms with van der Waals surface area (Å²) in [5, 5.41) is 3.48. The Hall–Kier alpha value is -1.06. The van der Waals surface area contributed by atoms with Crippen molar-refractivity contribution in [2.75, 3.05) is 33.3 Å². The first kappa shape index (κ1) is 14.4. The maximum Gasteiger partial charge on any atom is 0.119 e. The van der Waals surface area contributed by atoms with Crippen LogP contribution in [0.25, 0.3) is 0 Å². The summed E-state index contributed by atoms with van der Waals surface area (Å²) in [7, 11) is 1.74. The van der Waals surface area contributed by atoms with E-state index in [4.69, 9.17) is 4.74 Å². The minimum absolute atomic E-state index is 0.481. The largest absolute Gasteiger partial charge is 0.497 e. The van der Waals surface area contributed by atoms with E-state index >= 15 is 0 Å². The molecule has 0 aromatic heterocycles. The van der Waals surface area contributed by atoms with Gasteiger partial charge in [0.25, 0.3) is 0 Å². The van der Waals surface area contributed by atoms with Gasteiger partial charge in [-0.05, 0) is 36.6 Å². The van der Waals surface area contributed by atoms with Crippen LogP contribution in [0.15, 0.2) is 24.3 Å². The highest BCUT2D eigenvalue weighted by Gasteiger charge is 2.24. The lowest BCUT2D eigenvalue weighted by Crippen LogP contribution is -2.35. The fraction of sp³-hybridized carbons (Fsp3) is 0.625. The van der Waals surface area contributed by atoms with Crippen molar-refractivity contribution in [1.82, 2.24) is 10.2 Å². The van der Waals surface area contributed by atoms with Crippen LogP contribution in [0.3, 0.4) is 0 Å². The number of nitrogens with zero attached hydrogens (tertiary/aromatic N) is 1. The van der Waals surface area contributed by atoms with E-state index in [2.05, 4.69) is 42.3 Å². The number of hydrogen-bond donors (Lipinski definition) is 1. The van der Waals surface area contributed by atoms with Gasteiger partial charge in [-0.3, -0.25) is 4.90 Å². The quantitative estimate of drug-likeness (QED) is 0.903. The molecule has 1 unspecified atom stereocenters. The lowest BCUT2D eigenvalue weighted by atomic mass is 9.94. The van der Waals surface area contributed by atoms with E-state index in [1.807, 2.05) is 6.07 Å². The van der Waals surface area contributed by atoms with Crippen LogP contribution in [0.1, 0.15) is 31.9 Å². The van der Waals surface area contributed by atoms with E-state index in [1.54, 1.807) is 7.11 Å². The molecule has 1 aliphatic heterocycles. The molecule has 19 heavy (non-hydrogen) atoms. The van der Waals surface area contributed by atoms with Crippen LogP contribution in [0.4, 0.5) is 0 Å². The fourth-order valence-corrected chi connectivity index (χ4v) is 2.99. The number of nitrogens with one attached hydrogen (secondary N) is 1. The van der Waals surface area contributed by atoms with E-state index in [0.717, 1.165) is 25.4 Å². The molecule has 1 atom stereocenters.